The number of alkyl halides is 4. The van der Waals surface area contributed by atoms with Crippen molar-refractivity contribution in [2.75, 3.05) is 34.5 Å². The fourth-order valence-corrected chi connectivity index (χ4v) is 4.64. The molecule has 0 aromatic heterocycles. The lowest BCUT2D eigenvalue weighted by Gasteiger charge is -2.36. The first-order valence-electron chi connectivity index (χ1n) is 12.6. The number of carbonyl (C=O) groups excluding carboxylic acids is 2. The van der Waals surface area contributed by atoms with E-state index >= 15 is 0 Å². The van der Waals surface area contributed by atoms with Gasteiger partial charge in [0.2, 0.25) is 0 Å². The van der Waals surface area contributed by atoms with E-state index in [4.69, 9.17) is 16.3 Å². The molecule has 4 rings (SSSR count). The zero-order valence-electron chi connectivity index (χ0n) is 22.6. The predicted octanol–water partition coefficient (Wildman–Crippen LogP) is 6.92. The number of anilines is 4. The number of carbonyl (C=O) groups is 2. The minimum atomic E-state index is -3.52. The minimum Gasteiger partial charge on any atom is -0.487 e. The largest absolute Gasteiger partial charge is 0.487 e. The van der Waals surface area contributed by atoms with Crippen LogP contribution >= 0.6 is 27.5 Å². The average molecular weight is 673 g/mol. The predicted molar refractivity (Wildman–Crippen MR) is 158 cm³/mol. The Bertz CT molecular complexity index is 1490. The van der Waals surface area contributed by atoms with E-state index < -0.39 is 36.6 Å². The molecule has 3 aromatic carbocycles. The van der Waals surface area contributed by atoms with E-state index in [0.717, 1.165) is 4.47 Å². The summed E-state index contributed by atoms with van der Waals surface area (Å²) in [6.45, 7) is 1.22. The van der Waals surface area contributed by atoms with Crippen LogP contribution in [-0.2, 0) is 11.3 Å². The molecule has 1 atom stereocenters. The molecule has 0 fully saturated rings. The summed E-state index contributed by atoms with van der Waals surface area (Å²) in [6.07, 6.45) is -2.76. The number of hydrogen-bond donors (Lipinski definition) is 4. The molecule has 0 bridgehead atoms. The van der Waals surface area contributed by atoms with Crippen molar-refractivity contribution in [3.8, 4) is 5.75 Å². The smallest absolute Gasteiger partial charge is 0.321 e. The summed E-state index contributed by atoms with van der Waals surface area (Å²) in [4.78, 5) is 26.6. The molecule has 0 spiro atoms. The molecule has 4 N–H and O–H groups in total. The summed E-state index contributed by atoms with van der Waals surface area (Å²) in [5, 5.41) is 11.8. The van der Waals surface area contributed by atoms with Crippen LogP contribution in [0.25, 0.3) is 0 Å². The first kappa shape index (κ1) is 31.2. The van der Waals surface area contributed by atoms with Crippen molar-refractivity contribution in [1.82, 2.24) is 5.32 Å². The molecule has 0 saturated carbocycles. The summed E-state index contributed by atoms with van der Waals surface area (Å²) in [7, 11) is 1.73. The van der Waals surface area contributed by atoms with Crippen molar-refractivity contribution in [1.29, 1.82) is 0 Å². The molecule has 1 aliphatic heterocycles. The molecule has 14 heteroatoms. The molecule has 0 radical (unpaired) electrons. The van der Waals surface area contributed by atoms with Crippen LogP contribution in [0.2, 0.25) is 5.02 Å². The highest BCUT2D eigenvalue weighted by atomic mass is 79.9. The second-order valence-corrected chi connectivity index (χ2v) is 11.1. The summed E-state index contributed by atoms with van der Waals surface area (Å²) in [5.74, 6) is -6.58. The Balaban J connectivity index is 1.60. The van der Waals surface area contributed by atoms with Gasteiger partial charge in [0, 0.05) is 36.7 Å². The summed E-state index contributed by atoms with van der Waals surface area (Å²) >= 11 is 9.75. The molecule has 1 aliphatic rings. The maximum absolute atomic E-state index is 13.2. The Hall–Kier alpha value is -3.71. The quantitative estimate of drug-likeness (QED) is 0.175. The first-order chi connectivity index (χ1) is 19.7. The van der Waals surface area contributed by atoms with Crippen LogP contribution in [0.15, 0.2) is 59.1 Å². The Morgan fingerprint density at radius 3 is 2.48 bits per heavy atom. The van der Waals surface area contributed by atoms with Crippen LogP contribution in [0, 0.1) is 0 Å². The highest BCUT2D eigenvalue weighted by molar-refractivity contribution is 9.10. The van der Waals surface area contributed by atoms with E-state index in [0.29, 0.717) is 40.3 Å². The number of halogens is 6. The molecule has 0 aliphatic carbocycles. The van der Waals surface area contributed by atoms with Gasteiger partial charge >= 0.3 is 5.92 Å². The highest BCUT2D eigenvalue weighted by Gasteiger charge is 2.39. The van der Waals surface area contributed by atoms with Gasteiger partial charge < -0.3 is 30.9 Å². The molecule has 3 aromatic rings. The number of ether oxygens (including phenoxy) is 1. The van der Waals surface area contributed by atoms with E-state index in [-0.39, 0.29) is 17.9 Å². The highest BCUT2D eigenvalue weighted by Crippen LogP contribution is 2.44. The van der Waals surface area contributed by atoms with Crippen molar-refractivity contribution >= 4 is 62.1 Å². The molecule has 224 valence electrons. The molecule has 8 nitrogen and oxygen atoms in total. The first-order valence-corrected chi connectivity index (χ1v) is 13.7. The van der Waals surface area contributed by atoms with E-state index in [1.165, 1.54) is 12.1 Å². The number of benzene rings is 3. The number of nitrogens with one attached hydrogen (secondary N) is 4. The zero-order valence-corrected chi connectivity index (χ0v) is 25.0. The summed E-state index contributed by atoms with van der Waals surface area (Å²) in [6, 6.07) is 14.6. The SMILES string of the molecule is CN1c2cc(OCC(F)F)c(C(=O)Nc3ccc(Br)cc3)cc2NC1(C)Nc1cc(CNC(=O)C(C)(F)F)ccc1Cl. The Kier molecular flexibility index (Phi) is 9.12. The van der Waals surface area contributed by atoms with Gasteiger partial charge in [-0.15, -0.1) is 0 Å². The number of nitrogens with zero attached hydrogens (tertiary/aromatic N) is 1. The number of rotatable bonds is 10. The van der Waals surface area contributed by atoms with E-state index in [1.54, 1.807) is 61.3 Å². The lowest BCUT2D eigenvalue weighted by molar-refractivity contribution is -0.143. The Morgan fingerprint density at radius 1 is 1.14 bits per heavy atom. The van der Waals surface area contributed by atoms with Gasteiger partial charge in [-0.3, -0.25) is 9.59 Å². The zero-order chi connectivity index (χ0) is 30.8. The average Bonchev–Trinajstić information content (AvgIpc) is 3.16. The van der Waals surface area contributed by atoms with Gasteiger partial charge in [-0.05, 0) is 55.0 Å². The van der Waals surface area contributed by atoms with Gasteiger partial charge in [0.05, 0.1) is 27.6 Å². The lowest BCUT2D eigenvalue weighted by atomic mass is 10.1. The van der Waals surface area contributed by atoms with Crippen LogP contribution in [0.1, 0.15) is 29.8 Å². The van der Waals surface area contributed by atoms with Crippen molar-refractivity contribution in [2.24, 2.45) is 0 Å². The third-order valence-corrected chi connectivity index (χ3v) is 7.34. The van der Waals surface area contributed by atoms with Crippen molar-refractivity contribution in [3.05, 3.63) is 75.2 Å². The molecular formula is C28H27BrClF4N5O3. The topological polar surface area (TPSA) is 94.7 Å². The molecule has 0 saturated heterocycles. The number of hydrogen-bond acceptors (Lipinski definition) is 6. The van der Waals surface area contributed by atoms with Gasteiger partial charge in [0.15, 0.2) is 5.79 Å². The van der Waals surface area contributed by atoms with Crippen LogP contribution in [0.4, 0.5) is 40.3 Å². The molecular weight excluding hydrogens is 646 g/mol. The maximum Gasteiger partial charge on any atom is 0.321 e. The lowest BCUT2D eigenvalue weighted by Crippen LogP contribution is -2.52. The van der Waals surface area contributed by atoms with E-state index in [2.05, 4.69) is 37.2 Å². The van der Waals surface area contributed by atoms with Gasteiger partial charge in [-0.2, -0.15) is 8.78 Å². The van der Waals surface area contributed by atoms with Gasteiger partial charge in [-0.25, -0.2) is 8.78 Å². The maximum atomic E-state index is 13.2. The summed E-state index contributed by atoms with van der Waals surface area (Å²) in [5.41, 5.74) is 2.50. The molecule has 1 unspecified atom stereocenters. The fraction of sp³-hybridized carbons (Fsp3) is 0.286. The Labute approximate surface area is 252 Å². The van der Waals surface area contributed by atoms with Crippen LogP contribution < -0.4 is 30.9 Å². The van der Waals surface area contributed by atoms with Crippen molar-refractivity contribution < 1.29 is 31.9 Å². The number of amides is 2. The second kappa shape index (κ2) is 12.3. The standard InChI is InChI=1S/C28H27BrClF4N5O3/c1-27(33,34)26(41)35-13-15-4-9-19(30)20(10-15)37-28(2)38-21-11-18(25(40)36-17-7-5-16(29)6-8-17)23(42-14-24(31)32)12-22(21)39(28)3/h4-12,24,37-38H,13-14H2,1-3H3,(H,35,41)(H,36,40). The van der Waals surface area contributed by atoms with Crippen LogP contribution in [-0.4, -0.2) is 43.6 Å². The third kappa shape index (κ3) is 7.19. The minimum absolute atomic E-state index is 0.0333. The van der Waals surface area contributed by atoms with Gasteiger partial charge in [0.1, 0.15) is 12.4 Å². The van der Waals surface area contributed by atoms with Crippen molar-refractivity contribution in [3.63, 3.8) is 0 Å². The molecule has 1 heterocycles. The van der Waals surface area contributed by atoms with Crippen LogP contribution in [0.3, 0.4) is 0 Å². The Morgan fingerprint density at radius 2 is 1.83 bits per heavy atom. The number of fused-ring (bicyclic) bond motifs is 1. The van der Waals surface area contributed by atoms with E-state index in [9.17, 15) is 27.2 Å². The fourth-order valence-electron chi connectivity index (χ4n) is 4.21. The second-order valence-electron chi connectivity index (χ2n) is 9.80. The van der Waals surface area contributed by atoms with Gasteiger partial charge in [0.25, 0.3) is 18.2 Å². The van der Waals surface area contributed by atoms with Crippen molar-refractivity contribution in [2.45, 2.75) is 38.5 Å². The van der Waals surface area contributed by atoms with Gasteiger partial charge in [-0.1, -0.05) is 33.6 Å². The van der Waals surface area contributed by atoms with E-state index in [1.807, 2.05) is 0 Å². The normalized spacial score (nSPS) is 16.1. The molecule has 2 amide bonds. The third-order valence-electron chi connectivity index (χ3n) is 6.48. The van der Waals surface area contributed by atoms with Crippen LogP contribution in [0.5, 0.6) is 5.75 Å². The monoisotopic (exact) mass is 671 g/mol. The summed E-state index contributed by atoms with van der Waals surface area (Å²) < 4.78 is 58.7. The molecule has 42 heavy (non-hydrogen) atoms.